The standard InChI is InChI=1S/C19H27BrN2O5/c1-7-26-16(24)15(23)22(6)12-19(5,13-9-8-10-14(20)11-13)21-17(25)27-18(2,3)4/h8-11H,7,12H2,1-6H3,(H,21,25). The maximum atomic E-state index is 12.4. The number of nitrogens with one attached hydrogen (secondary N) is 1. The van der Waals surface area contributed by atoms with Crippen molar-refractivity contribution in [1.29, 1.82) is 0 Å². The van der Waals surface area contributed by atoms with E-state index in [2.05, 4.69) is 21.2 Å². The molecule has 0 bridgehead atoms. The molecule has 27 heavy (non-hydrogen) atoms. The van der Waals surface area contributed by atoms with Crippen molar-refractivity contribution in [1.82, 2.24) is 10.2 Å². The molecule has 8 heteroatoms. The van der Waals surface area contributed by atoms with Gasteiger partial charge in [-0.05, 0) is 52.3 Å². The average molecular weight is 443 g/mol. The van der Waals surface area contributed by atoms with Crippen molar-refractivity contribution in [3.8, 4) is 0 Å². The molecule has 7 nitrogen and oxygen atoms in total. The lowest BCUT2D eigenvalue weighted by molar-refractivity contribution is -0.159. The van der Waals surface area contributed by atoms with Crippen LogP contribution in [0, 0.1) is 0 Å². The summed E-state index contributed by atoms with van der Waals surface area (Å²) in [6.07, 6.45) is -0.623. The van der Waals surface area contributed by atoms with Crippen molar-refractivity contribution in [2.24, 2.45) is 0 Å². The van der Waals surface area contributed by atoms with Gasteiger partial charge in [-0.2, -0.15) is 0 Å². The molecule has 0 aliphatic heterocycles. The van der Waals surface area contributed by atoms with E-state index in [1.165, 1.54) is 11.9 Å². The number of esters is 1. The van der Waals surface area contributed by atoms with Crippen LogP contribution in [0.4, 0.5) is 4.79 Å². The van der Waals surface area contributed by atoms with Crippen molar-refractivity contribution < 1.29 is 23.9 Å². The molecule has 1 aromatic carbocycles. The van der Waals surface area contributed by atoms with E-state index in [1.807, 2.05) is 24.3 Å². The first-order valence-electron chi connectivity index (χ1n) is 8.57. The second kappa shape index (κ2) is 9.21. The van der Waals surface area contributed by atoms with Crippen LogP contribution in [-0.4, -0.2) is 48.7 Å². The minimum Gasteiger partial charge on any atom is -0.459 e. The van der Waals surface area contributed by atoms with E-state index in [0.29, 0.717) is 0 Å². The van der Waals surface area contributed by atoms with E-state index in [1.54, 1.807) is 34.6 Å². The zero-order valence-electron chi connectivity index (χ0n) is 16.6. The molecule has 1 rings (SSSR count). The molecule has 0 radical (unpaired) electrons. The van der Waals surface area contributed by atoms with Gasteiger partial charge in [-0.3, -0.25) is 4.79 Å². The monoisotopic (exact) mass is 442 g/mol. The Kier molecular flexibility index (Phi) is 7.83. The van der Waals surface area contributed by atoms with E-state index in [9.17, 15) is 14.4 Å². The van der Waals surface area contributed by atoms with Gasteiger partial charge in [0.25, 0.3) is 0 Å². The summed E-state index contributed by atoms with van der Waals surface area (Å²) in [5.74, 6) is -1.72. The van der Waals surface area contributed by atoms with Crippen molar-refractivity contribution >= 4 is 33.9 Å². The fraction of sp³-hybridized carbons (Fsp3) is 0.526. The van der Waals surface area contributed by atoms with Crippen LogP contribution in [0.5, 0.6) is 0 Å². The summed E-state index contributed by atoms with van der Waals surface area (Å²) in [6, 6.07) is 7.33. The van der Waals surface area contributed by atoms with Gasteiger partial charge in [0.2, 0.25) is 0 Å². The lowest BCUT2D eigenvalue weighted by Crippen LogP contribution is -2.53. The van der Waals surface area contributed by atoms with Gasteiger partial charge in [0.05, 0.1) is 12.1 Å². The van der Waals surface area contributed by atoms with Crippen molar-refractivity contribution in [3.05, 3.63) is 34.3 Å². The Morgan fingerprint density at radius 2 is 1.81 bits per heavy atom. The highest BCUT2D eigenvalue weighted by Crippen LogP contribution is 2.26. The SMILES string of the molecule is CCOC(=O)C(=O)N(C)CC(C)(NC(=O)OC(C)(C)C)c1cccc(Br)c1. The van der Waals surface area contributed by atoms with E-state index in [-0.39, 0.29) is 13.2 Å². The number of nitrogens with zero attached hydrogens (tertiary/aromatic N) is 1. The summed E-state index contributed by atoms with van der Waals surface area (Å²) in [7, 11) is 1.48. The number of benzene rings is 1. The minimum atomic E-state index is -0.997. The maximum Gasteiger partial charge on any atom is 0.408 e. The van der Waals surface area contributed by atoms with Crippen LogP contribution in [0.1, 0.15) is 40.2 Å². The number of carbonyl (C=O) groups is 3. The number of hydrogen-bond donors (Lipinski definition) is 1. The Bertz CT molecular complexity index is 702. The fourth-order valence-corrected chi connectivity index (χ4v) is 2.86. The summed E-state index contributed by atoms with van der Waals surface area (Å²) in [4.78, 5) is 37.6. The van der Waals surface area contributed by atoms with Gasteiger partial charge in [-0.1, -0.05) is 28.1 Å². The van der Waals surface area contributed by atoms with Crippen LogP contribution in [-0.2, 0) is 24.6 Å². The first-order valence-corrected chi connectivity index (χ1v) is 9.36. The topological polar surface area (TPSA) is 84.9 Å². The molecule has 0 aliphatic rings. The molecule has 0 fully saturated rings. The number of amides is 2. The highest BCUT2D eigenvalue weighted by atomic mass is 79.9. The number of rotatable bonds is 5. The Labute approximate surface area is 168 Å². The lowest BCUT2D eigenvalue weighted by Gasteiger charge is -2.35. The molecule has 0 aromatic heterocycles. The fourth-order valence-electron chi connectivity index (χ4n) is 2.46. The number of likely N-dealkylation sites (N-methyl/N-ethyl adjacent to an activating group) is 1. The van der Waals surface area contributed by atoms with Crippen LogP contribution >= 0.6 is 15.9 Å². The Balaban J connectivity index is 3.12. The molecule has 2 amide bonds. The number of halogens is 1. The molecule has 0 heterocycles. The largest absolute Gasteiger partial charge is 0.459 e. The quantitative estimate of drug-likeness (QED) is 0.558. The molecule has 1 atom stereocenters. The number of ether oxygens (including phenoxy) is 2. The molecule has 1 unspecified atom stereocenters. The van der Waals surface area contributed by atoms with Crippen LogP contribution in [0.15, 0.2) is 28.7 Å². The molecule has 1 aromatic rings. The van der Waals surface area contributed by atoms with E-state index in [0.717, 1.165) is 10.0 Å². The lowest BCUT2D eigenvalue weighted by atomic mass is 9.91. The van der Waals surface area contributed by atoms with Gasteiger partial charge in [-0.15, -0.1) is 0 Å². The minimum absolute atomic E-state index is 0.0420. The predicted octanol–water partition coefficient (Wildman–Crippen LogP) is 3.21. The van der Waals surface area contributed by atoms with Crippen molar-refractivity contribution in [2.75, 3.05) is 20.2 Å². The molecular weight excluding hydrogens is 416 g/mol. The Morgan fingerprint density at radius 1 is 1.19 bits per heavy atom. The van der Waals surface area contributed by atoms with Gasteiger partial charge in [0.15, 0.2) is 0 Å². The Hall–Kier alpha value is -2.09. The maximum absolute atomic E-state index is 12.4. The van der Waals surface area contributed by atoms with Crippen LogP contribution in [0.2, 0.25) is 0 Å². The first kappa shape index (κ1) is 23.0. The third kappa shape index (κ3) is 7.21. The zero-order valence-corrected chi connectivity index (χ0v) is 18.2. The van der Waals surface area contributed by atoms with Crippen LogP contribution in [0.3, 0.4) is 0 Å². The van der Waals surface area contributed by atoms with Gasteiger partial charge in [-0.25, -0.2) is 9.59 Å². The second-order valence-electron chi connectivity index (χ2n) is 7.35. The third-order valence-electron chi connectivity index (χ3n) is 3.59. The van der Waals surface area contributed by atoms with E-state index < -0.39 is 29.1 Å². The molecule has 0 spiro atoms. The summed E-state index contributed by atoms with van der Waals surface area (Å²) in [5.41, 5.74) is -0.927. The zero-order chi connectivity index (χ0) is 20.8. The van der Waals surface area contributed by atoms with E-state index >= 15 is 0 Å². The van der Waals surface area contributed by atoms with Crippen LogP contribution < -0.4 is 5.32 Å². The molecule has 0 aliphatic carbocycles. The van der Waals surface area contributed by atoms with Gasteiger partial charge in [0.1, 0.15) is 5.60 Å². The Morgan fingerprint density at radius 3 is 2.33 bits per heavy atom. The van der Waals surface area contributed by atoms with Crippen molar-refractivity contribution in [2.45, 2.75) is 45.8 Å². The number of carbonyl (C=O) groups excluding carboxylic acids is 3. The van der Waals surface area contributed by atoms with Crippen molar-refractivity contribution in [3.63, 3.8) is 0 Å². The van der Waals surface area contributed by atoms with E-state index in [4.69, 9.17) is 9.47 Å². The summed E-state index contributed by atoms with van der Waals surface area (Å²) in [6.45, 7) is 8.82. The average Bonchev–Trinajstić information content (AvgIpc) is 2.52. The smallest absolute Gasteiger partial charge is 0.408 e. The number of hydrogen-bond acceptors (Lipinski definition) is 5. The molecule has 150 valence electrons. The van der Waals surface area contributed by atoms with Gasteiger partial charge in [0, 0.05) is 18.1 Å². The molecule has 1 N–H and O–H groups in total. The van der Waals surface area contributed by atoms with Crippen LogP contribution in [0.25, 0.3) is 0 Å². The molecule has 0 saturated heterocycles. The highest BCUT2D eigenvalue weighted by molar-refractivity contribution is 9.10. The predicted molar refractivity (Wildman–Crippen MR) is 105 cm³/mol. The summed E-state index contributed by atoms with van der Waals surface area (Å²) >= 11 is 3.41. The van der Waals surface area contributed by atoms with Gasteiger partial charge < -0.3 is 19.7 Å². The molecular formula is C19H27BrN2O5. The summed E-state index contributed by atoms with van der Waals surface area (Å²) < 4.78 is 10.9. The highest BCUT2D eigenvalue weighted by Gasteiger charge is 2.35. The first-order chi connectivity index (χ1) is 12.4. The normalized spacial score (nSPS) is 13.3. The second-order valence-corrected chi connectivity index (χ2v) is 8.27. The molecule has 0 saturated carbocycles. The number of alkyl carbamates (subject to hydrolysis) is 1. The third-order valence-corrected chi connectivity index (χ3v) is 4.08. The van der Waals surface area contributed by atoms with Gasteiger partial charge >= 0.3 is 18.0 Å². The summed E-state index contributed by atoms with van der Waals surface area (Å²) in [5, 5.41) is 2.82.